The number of rotatable bonds is 4. The molecule has 118 valence electrons. The minimum atomic E-state index is -4.87. The summed E-state index contributed by atoms with van der Waals surface area (Å²) in [5.41, 5.74) is 1.47. The monoisotopic (exact) mass is 337 g/mol. The predicted octanol–water partition coefficient (Wildman–Crippen LogP) is 3.80. The van der Waals surface area contributed by atoms with E-state index in [2.05, 4.69) is 10.3 Å². The van der Waals surface area contributed by atoms with Crippen molar-refractivity contribution in [1.82, 2.24) is 15.0 Å². The molecule has 0 saturated carbocycles. The Kier molecular flexibility index (Phi) is 3.99. The van der Waals surface area contributed by atoms with Gasteiger partial charge in [0.05, 0.1) is 22.5 Å². The van der Waals surface area contributed by atoms with Crippen LogP contribution in [0, 0.1) is 0 Å². The second-order valence-electron chi connectivity index (χ2n) is 4.78. The van der Waals surface area contributed by atoms with E-state index in [9.17, 15) is 18.0 Å². The summed E-state index contributed by atoms with van der Waals surface area (Å²) in [6.07, 6.45) is -3.23. The van der Waals surface area contributed by atoms with Gasteiger partial charge in [-0.05, 0) is 17.7 Å². The maximum absolute atomic E-state index is 12.4. The fourth-order valence-electron chi connectivity index (χ4n) is 2.00. The van der Waals surface area contributed by atoms with Crippen LogP contribution >= 0.6 is 11.3 Å². The molecule has 2 aromatic heterocycles. The van der Waals surface area contributed by atoms with Gasteiger partial charge in [0.25, 0.3) is 5.78 Å². The summed E-state index contributed by atoms with van der Waals surface area (Å²) in [6.45, 7) is 0.507. The Bertz CT molecular complexity index is 824. The number of hydrogen-bond acceptors (Lipinski definition) is 4. The van der Waals surface area contributed by atoms with Gasteiger partial charge in [-0.15, -0.1) is 16.4 Å². The van der Waals surface area contributed by atoms with E-state index < -0.39 is 12.0 Å². The number of carbonyl (C=O) groups is 1. The lowest BCUT2D eigenvalue weighted by Gasteiger charge is -2.01. The number of halogens is 3. The van der Waals surface area contributed by atoms with E-state index in [1.54, 1.807) is 10.9 Å². The normalized spacial score (nSPS) is 11.6. The summed E-state index contributed by atoms with van der Waals surface area (Å²) in [5, 5.41) is 7.91. The lowest BCUT2D eigenvalue weighted by Crippen LogP contribution is -2.21. The van der Waals surface area contributed by atoms with E-state index in [0.717, 1.165) is 23.0 Å². The fraction of sp³-hybridized carbons (Fsp3) is 0.133. The zero-order valence-electron chi connectivity index (χ0n) is 11.6. The highest BCUT2D eigenvalue weighted by Gasteiger charge is 2.40. The summed E-state index contributed by atoms with van der Waals surface area (Å²) in [6, 6.07) is 12.2. The molecule has 23 heavy (non-hydrogen) atoms. The number of Topliss-reactive ketones (excluding diaryl/α,β-unsaturated/α-hetero) is 1. The van der Waals surface area contributed by atoms with Crippen molar-refractivity contribution in [3.8, 4) is 10.6 Å². The van der Waals surface area contributed by atoms with Gasteiger partial charge in [0.15, 0.2) is 0 Å². The Morgan fingerprint density at radius 2 is 1.87 bits per heavy atom. The van der Waals surface area contributed by atoms with Crippen LogP contribution in [0.15, 0.2) is 48.7 Å². The molecule has 0 aliphatic carbocycles. The van der Waals surface area contributed by atoms with Gasteiger partial charge >= 0.3 is 6.18 Å². The van der Waals surface area contributed by atoms with E-state index in [1.807, 2.05) is 30.3 Å². The standard InChI is InChI=1S/C15H10F3N3OS/c16-15(17,18)14(22)13-7-6-12(23-13)11-9-21(20-19-11)8-10-4-2-1-3-5-10/h1-7,9H,8H2. The first kappa shape index (κ1) is 15.4. The molecule has 0 fully saturated rings. The topological polar surface area (TPSA) is 47.8 Å². The second-order valence-corrected chi connectivity index (χ2v) is 5.86. The molecule has 0 radical (unpaired) electrons. The molecular weight excluding hydrogens is 327 g/mol. The van der Waals surface area contributed by atoms with E-state index >= 15 is 0 Å². The van der Waals surface area contributed by atoms with Gasteiger partial charge in [-0.1, -0.05) is 35.5 Å². The third-order valence-corrected chi connectivity index (χ3v) is 4.17. The van der Waals surface area contributed by atoms with Gasteiger partial charge < -0.3 is 0 Å². The first-order chi connectivity index (χ1) is 10.9. The molecule has 8 heteroatoms. The van der Waals surface area contributed by atoms with E-state index in [0.29, 0.717) is 17.1 Å². The zero-order chi connectivity index (χ0) is 16.4. The van der Waals surface area contributed by atoms with Crippen LogP contribution in [-0.2, 0) is 6.54 Å². The molecule has 2 heterocycles. The van der Waals surface area contributed by atoms with Gasteiger partial charge in [0.1, 0.15) is 5.69 Å². The maximum Gasteiger partial charge on any atom is 0.455 e. The summed E-state index contributed by atoms with van der Waals surface area (Å²) in [4.78, 5) is 11.3. The van der Waals surface area contributed by atoms with Crippen molar-refractivity contribution in [2.75, 3.05) is 0 Å². The molecule has 4 nitrogen and oxygen atoms in total. The number of aromatic nitrogens is 3. The molecule has 0 aliphatic rings. The number of ketones is 1. The van der Waals surface area contributed by atoms with Crippen molar-refractivity contribution in [3.05, 3.63) is 59.1 Å². The second kappa shape index (κ2) is 5.96. The molecule has 0 atom stereocenters. The van der Waals surface area contributed by atoms with Crippen LogP contribution in [0.3, 0.4) is 0 Å². The lowest BCUT2D eigenvalue weighted by atomic mass is 10.2. The first-order valence-corrected chi connectivity index (χ1v) is 7.41. The number of benzene rings is 1. The van der Waals surface area contributed by atoms with Crippen molar-refractivity contribution in [1.29, 1.82) is 0 Å². The number of carbonyl (C=O) groups excluding carboxylic acids is 1. The van der Waals surface area contributed by atoms with Gasteiger partial charge in [-0.2, -0.15) is 13.2 Å². The predicted molar refractivity (Wildman–Crippen MR) is 79.3 cm³/mol. The number of hydrogen-bond donors (Lipinski definition) is 0. The molecule has 3 rings (SSSR count). The highest BCUT2D eigenvalue weighted by atomic mass is 32.1. The summed E-state index contributed by atoms with van der Waals surface area (Å²) in [5.74, 6) is -1.84. The molecule has 0 bridgehead atoms. The summed E-state index contributed by atoms with van der Waals surface area (Å²) < 4.78 is 38.8. The number of thiophene rings is 1. The van der Waals surface area contributed by atoms with Gasteiger partial charge in [0.2, 0.25) is 0 Å². The molecule has 0 spiro atoms. The Labute approximate surface area is 133 Å². The van der Waals surface area contributed by atoms with Crippen LogP contribution in [-0.4, -0.2) is 27.0 Å². The third-order valence-electron chi connectivity index (χ3n) is 3.07. The van der Waals surface area contributed by atoms with Crippen LogP contribution in [0.4, 0.5) is 13.2 Å². The SMILES string of the molecule is O=C(c1ccc(-c2cn(Cc3ccccc3)nn2)s1)C(F)(F)F. The van der Waals surface area contributed by atoms with Crippen LogP contribution in [0.1, 0.15) is 15.2 Å². The Morgan fingerprint density at radius 3 is 2.57 bits per heavy atom. The lowest BCUT2D eigenvalue weighted by molar-refractivity contribution is -0.0882. The van der Waals surface area contributed by atoms with E-state index in [-0.39, 0.29) is 4.88 Å². The van der Waals surface area contributed by atoms with Gasteiger partial charge in [-0.3, -0.25) is 4.79 Å². The molecule has 0 N–H and O–H groups in total. The molecule has 0 amide bonds. The van der Waals surface area contributed by atoms with Crippen molar-refractivity contribution in [3.63, 3.8) is 0 Å². The largest absolute Gasteiger partial charge is 0.455 e. The molecule has 0 saturated heterocycles. The van der Waals surface area contributed by atoms with Crippen LogP contribution in [0.5, 0.6) is 0 Å². The average molecular weight is 337 g/mol. The zero-order valence-corrected chi connectivity index (χ0v) is 12.4. The minimum Gasteiger partial charge on any atom is -0.283 e. The third kappa shape index (κ3) is 3.48. The van der Waals surface area contributed by atoms with Crippen LogP contribution in [0.25, 0.3) is 10.6 Å². The number of nitrogens with zero attached hydrogens (tertiary/aromatic N) is 3. The smallest absolute Gasteiger partial charge is 0.283 e. The average Bonchev–Trinajstić information content (AvgIpc) is 3.15. The Morgan fingerprint density at radius 1 is 1.13 bits per heavy atom. The van der Waals surface area contributed by atoms with Crippen molar-refractivity contribution in [2.24, 2.45) is 0 Å². The summed E-state index contributed by atoms with van der Waals surface area (Å²) in [7, 11) is 0. The fourth-order valence-corrected chi connectivity index (χ4v) is 2.91. The molecule has 0 unspecified atom stereocenters. The summed E-state index contributed by atoms with van der Waals surface area (Å²) >= 11 is 0.755. The van der Waals surface area contributed by atoms with Crippen LogP contribution < -0.4 is 0 Å². The molecular formula is C15H10F3N3OS. The molecule has 1 aromatic carbocycles. The first-order valence-electron chi connectivity index (χ1n) is 6.59. The Balaban J connectivity index is 1.79. The van der Waals surface area contributed by atoms with E-state index in [4.69, 9.17) is 0 Å². The van der Waals surface area contributed by atoms with E-state index in [1.165, 1.54) is 6.07 Å². The highest BCUT2D eigenvalue weighted by Crippen LogP contribution is 2.31. The van der Waals surface area contributed by atoms with Gasteiger partial charge in [0, 0.05) is 0 Å². The minimum absolute atomic E-state index is 0.356. The molecule has 0 aliphatic heterocycles. The van der Waals surface area contributed by atoms with Crippen molar-refractivity contribution < 1.29 is 18.0 Å². The number of alkyl halides is 3. The van der Waals surface area contributed by atoms with Crippen molar-refractivity contribution in [2.45, 2.75) is 12.7 Å². The molecule has 3 aromatic rings. The van der Waals surface area contributed by atoms with Gasteiger partial charge in [-0.25, -0.2) is 4.68 Å². The maximum atomic E-state index is 12.4. The van der Waals surface area contributed by atoms with Crippen molar-refractivity contribution >= 4 is 17.1 Å². The Hall–Kier alpha value is -2.48. The highest BCUT2D eigenvalue weighted by molar-refractivity contribution is 7.17. The van der Waals surface area contributed by atoms with Crippen LogP contribution in [0.2, 0.25) is 0 Å². The quantitative estimate of drug-likeness (QED) is 0.680.